The average Bonchev–Trinajstić information content (AvgIpc) is 3.58. The van der Waals surface area contributed by atoms with Gasteiger partial charge in [-0.3, -0.25) is 5.10 Å². The fourth-order valence-electron chi connectivity index (χ4n) is 5.25. The quantitative estimate of drug-likeness (QED) is 0.352. The second-order valence-corrected chi connectivity index (χ2v) is 9.53. The molecule has 0 radical (unpaired) electrons. The van der Waals surface area contributed by atoms with Crippen molar-refractivity contribution in [3.05, 3.63) is 60.7 Å². The minimum atomic E-state index is 0.477. The smallest absolute Gasteiger partial charge is 0.159 e. The Morgan fingerprint density at radius 1 is 0.829 bits per heavy atom. The van der Waals surface area contributed by atoms with Gasteiger partial charge < -0.3 is 19.8 Å². The van der Waals surface area contributed by atoms with E-state index in [9.17, 15) is 0 Å². The third kappa shape index (κ3) is 3.37. The first-order valence-corrected chi connectivity index (χ1v) is 12.0. The summed E-state index contributed by atoms with van der Waals surface area (Å²) < 4.78 is 0. The van der Waals surface area contributed by atoms with Crippen LogP contribution in [0.4, 0.5) is 5.69 Å². The van der Waals surface area contributed by atoms with Gasteiger partial charge in [-0.1, -0.05) is 18.2 Å². The standard InChI is InChI=1S/C27H26N8/c1-16-15-34(2)11-12-35(16)18-8-10-22-24(14-18)31-27(30-22)25-19-9-7-17(13-23(19)32-33-25)26-28-20-5-3-4-6-21(20)29-26/h3-10,13-14,16H,11-12,15H2,1-2H3,(H,28,29)(H,30,31)(H,32,33). The number of piperazine rings is 1. The molecule has 174 valence electrons. The minimum absolute atomic E-state index is 0.477. The molecule has 1 aliphatic rings. The van der Waals surface area contributed by atoms with E-state index in [1.807, 2.05) is 24.3 Å². The van der Waals surface area contributed by atoms with Crippen molar-refractivity contribution in [2.75, 3.05) is 31.6 Å². The predicted octanol–water partition coefficient (Wildman–Crippen LogP) is 4.79. The van der Waals surface area contributed by atoms with Crippen LogP contribution in [0.5, 0.6) is 0 Å². The van der Waals surface area contributed by atoms with Gasteiger partial charge in [-0.15, -0.1) is 0 Å². The van der Waals surface area contributed by atoms with Gasteiger partial charge in [0.1, 0.15) is 11.5 Å². The normalized spacial score (nSPS) is 17.2. The Morgan fingerprint density at radius 2 is 1.66 bits per heavy atom. The van der Waals surface area contributed by atoms with Crippen molar-refractivity contribution in [3.63, 3.8) is 0 Å². The molecule has 0 saturated carbocycles. The predicted molar refractivity (Wildman–Crippen MR) is 141 cm³/mol. The molecule has 8 nitrogen and oxygen atoms in total. The molecule has 6 aromatic rings. The number of nitrogens with one attached hydrogen (secondary N) is 3. The lowest BCUT2D eigenvalue weighted by molar-refractivity contribution is 0.275. The van der Waals surface area contributed by atoms with E-state index in [0.717, 1.165) is 75.5 Å². The monoisotopic (exact) mass is 462 g/mol. The Balaban J connectivity index is 1.23. The number of rotatable bonds is 3. The molecule has 1 aliphatic heterocycles. The highest BCUT2D eigenvalue weighted by Gasteiger charge is 2.22. The van der Waals surface area contributed by atoms with Crippen LogP contribution >= 0.6 is 0 Å². The second kappa shape index (κ2) is 7.68. The molecule has 1 unspecified atom stereocenters. The zero-order valence-electron chi connectivity index (χ0n) is 19.7. The van der Waals surface area contributed by atoms with E-state index in [0.29, 0.717) is 6.04 Å². The summed E-state index contributed by atoms with van der Waals surface area (Å²) in [4.78, 5) is 21.3. The van der Waals surface area contributed by atoms with Crippen molar-refractivity contribution in [3.8, 4) is 22.9 Å². The van der Waals surface area contributed by atoms with Gasteiger partial charge in [-0.05, 0) is 56.4 Å². The number of aromatic nitrogens is 6. The molecule has 3 aromatic heterocycles. The van der Waals surface area contributed by atoms with Crippen molar-refractivity contribution >= 4 is 38.7 Å². The fraction of sp³-hybridized carbons (Fsp3) is 0.222. The summed E-state index contributed by atoms with van der Waals surface area (Å²) in [6.07, 6.45) is 0. The second-order valence-electron chi connectivity index (χ2n) is 9.53. The average molecular weight is 463 g/mol. The Hall–Kier alpha value is -4.17. The molecule has 1 fully saturated rings. The SMILES string of the molecule is CC1CN(C)CCN1c1ccc2nc(-c3n[nH]c4cc(-c5nc6ccccc6[nH]5)ccc34)[nH]c2c1. The van der Waals surface area contributed by atoms with Gasteiger partial charge in [-0.25, -0.2) is 9.97 Å². The van der Waals surface area contributed by atoms with E-state index in [-0.39, 0.29) is 0 Å². The Bertz CT molecular complexity index is 1660. The van der Waals surface area contributed by atoms with Crippen LogP contribution in [0.25, 0.3) is 55.9 Å². The molecule has 7 rings (SSSR count). The largest absolute Gasteiger partial charge is 0.366 e. The summed E-state index contributed by atoms with van der Waals surface area (Å²) >= 11 is 0. The molecular formula is C27H26N8. The molecule has 8 heteroatoms. The number of hydrogen-bond acceptors (Lipinski definition) is 5. The van der Waals surface area contributed by atoms with Crippen molar-refractivity contribution < 1.29 is 0 Å². The molecule has 1 atom stereocenters. The van der Waals surface area contributed by atoms with Gasteiger partial charge in [0.15, 0.2) is 5.82 Å². The van der Waals surface area contributed by atoms with Crippen LogP contribution in [-0.2, 0) is 0 Å². The number of fused-ring (bicyclic) bond motifs is 3. The van der Waals surface area contributed by atoms with Crippen molar-refractivity contribution in [1.82, 2.24) is 35.0 Å². The van der Waals surface area contributed by atoms with E-state index < -0.39 is 0 Å². The molecule has 0 amide bonds. The van der Waals surface area contributed by atoms with Crippen molar-refractivity contribution in [2.24, 2.45) is 0 Å². The van der Waals surface area contributed by atoms with Crippen LogP contribution in [0, 0.1) is 0 Å². The number of aromatic amines is 3. The fourth-order valence-corrected chi connectivity index (χ4v) is 5.25. The van der Waals surface area contributed by atoms with Crippen LogP contribution in [0.15, 0.2) is 60.7 Å². The number of anilines is 1. The molecule has 3 aromatic carbocycles. The van der Waals surface area contributed by atoms with Crippen LogP contribution in [-0.4, -0.2) is 67.8 Å². The number of para-hydroxylation sites is 2. The van der Waals surface area contributed by atoms with Gasteiger partial charge >= 0.3 is 0 Å². The lowest BCUT2D eigenvalue weighted by Gasteiger charge is -2.39. The van der Waals surface area contributed by atoms with E-state index in [4.69, 9.17) is 9.97 Å². The molecule has 35 heavy (non-hydrogen) atoms. The van der Waals surface area contributed by atoms with Crippen LogP contribution in [0.1, 0.15) is 6.92 Å². The number of imidazole rings is 2. The van der Waals surface area contributed by atoms with E-state index in [2.05, 4.69) is 80.3 Å². The molecule has 0 aliphatic carbocycles. The Kier molecular flexibility index (Phi) is 4.44. The number of H-pyrrole nitrogens is 3. The van der Waals surface area contributed by atoms with Gasteiger partial charge in [0.25, 0.3) is 0 Å². The maximum absolute atomic E-state index is 4.85. The van der Waals surface area contributed by atoms with E-state index in [1.54, 1.807) is 0 Å². The highest BCUT2D eigenvalue weighted by atomic mass is 15.3. The minimum Gasteiger partial charge on any atom is -0.366 e. The first-order chi connectivity index (χ1) is 17.1. The van der Waals surface area contributed by atoms with Crippen molar-refractivity contribution in [1.29, 1.82) is 0 Å². The zero-order valence-corrected chi connectivity index (χ0v) is 19.7. The number of likely N-dealkylation sites (N-methyl/N-ethyl adjacent to an activating group) is 1. The zero-order chi connectivity index (χ0) is 23.5. The topological polar surface area (TPSA) is 92.5 Å². The number of nitrogens with zero attached hydrogens (tertiary/aromatic N) is 5. The highest BCUT2D eigenvalue weighted by molar-refractivity contribution is 5.95. The van der Waals surface area contributed by atoms with E-state index >= 15 is 0 Å². The van der Waals surface area contributed by atoms with Crippen LogP contribution < -0.4 is 4.90 Å². The first-order valence-electron chi connectivity index (χ1n) is 12.0. The summed E-state index contributed by atoms with van der Waals surface area (Å²) in [6, 6.07) is 21.3. The van der Waals surface area contributed by atoms with Crippen molar-refractivity contribution in [2.45, 2.75) is 13.0 Å². The summed E-state index contributed by atoms with van der Waals surface area (Å²) in [6.45, 7) is 5.46. The molecule has 0 bridgehead atoms. The Labute approximate surface area is 202 Å². The lowest BCUT2D eigenvalue weighted by Crippen LogP contribution is -2.50. The first kappa shape index (κ1) is 20.2. The van der Waals surface area contributed by atoms with Gasteiger partial charge in [0.2, 0.25) is 0 Å². The molecule has 0 spiro atoms. The summed E-state index contributed by atoms with van der Waals surface area (Å²) in [5.41, 5.74) is 7.97. The summed E-state index contributed by atoms with van der Waals surface area (Å²) in [5, 5.41) is 8.81. The van der Waals surface area contributed by atoms with Gasteiger partial charge in [0.05, 0.1) is 27.6 Å². The third-order valence-electron chi connectivity index (χ3n) is 7.08. The molecule has 1 saturated heterocycles. The molecule has 3 N–H and O–H groups in total. The van der Waals surface area contributed by atoms with Gasteiger partial charge in [0, 0.05) is 42.3 Å². The maximum atomic E-state index is 4.85. The number of hydrogen-bond donors (Lipinski definition) is 3. The van der Waals surface area contributed by atoms with Crippen LogP contribution in [0.2, 0.25) is 0 Å². The molecule has 4 heterocycles. The highest BCUT2D eigenvalue weighted by Crippen LogP contribution is 2.31. The lowest BCUT2D eigenvalue weighted by atomic mass is 10.1. The third-order valence-corrected chi connectivity index (χ3v) is 7.08. The van der Waals surface area contributed by atoms with E-state index in [1.165, 1.54) is 5.69 Å². The van der Waals surface area contributed by atoms with Gasteiger partial charge in [-0.2, -0.15) is 5.10 Å². The Morgan fingerprint density at radius 3 is 2.54 bits per heavy atom. The summed E-state index contributed by atoms with van der Waals surface area (Å²) in [7, 11) is 2.19. The maximum Gasteiger partial charge on any atom is 0.159 e. The molecular weight excluding hydrogens is 436 g/mol. The van der Waals surface area contributed by atoms with Crippen LogP contribution in [0.3, 0.4) is 0 Å². The number of benzene rings is 3. The summed E-state index contributed by atoms with van der Waals surface area (Å²) in [5.74, 6) is 1.62.